The van der Waals surface area contributed by atoms with Gasteiger partial charge in [-0.15, -0.1) is 0 Å². The molecule has 0 fully saturated rings. The van der Waals surface area contributed by atoms with Crippen LogP contribution < -0.4 is 88.7 Å². The predicted octanol–water partition coefficient (Wildman–Crippen LogP) is -5.21. The van der Waals surface area contributed by atoms with Gasteiger partial charge in [-0.25, -0.2) is 25.3 Å². The summed E-state index contributed by atoms with van der Waals surface area (Å²) in [6.45, 7) is 12.0. The van der Waals surface area contributed by atoms with Crippen LogP contribution in [-0.4, -0.2) is 118 Å². The second-order valence-electron chi connectivity index (χ2n) is 14.1. The van der Waals surface area contributed by atoms with Gasteiger partial charge in [-0.1, -0.05) is 53.7 Å². The average Bonchev–Trinajstić information content (AvgIpc) is 3.08. The molecule has 0 heterocycles. The first-order valence-electron chi connectivity index (χ1n) is 18.3. The summed E-state index contributed by atoms with van der Waals surface area (Å²) in [4.78, 5) is 74.1. The zero-order valence-electron chi connectivity index (χ0n) is 37.4. The minimum atomic E-state index is -4.47. The van der Waals surface area contributed by atoms with Crippen molar-refractivity contribution in [3.05, 3.63) is 29.8 Å². The molecule has 63 heavy (non-hydrogen) atoms. The molecule has 0 aliphatic heterocycles. The quantitative estimate of drug-likeness (QED) is 0.0324. The van der Waals surface area contributed by atoms with E-state index < -0.39 is 104 Å². The van der Waals surface area contributed by atoms with Crippen LogP contribution in [0.5, 0.6) is 0 Å². The molecule has 0 amide bonds. The molecule has 0 radical (unpaired) electrons. The maximum absolute atomic E-state index is 11.2. The monoisotopic (exact) mass is 1050 g/mol. The standard InChI is InChI=1S/C12H19O6PS.C7H15O5P.C7H14O5S.C6H15O6PS.3Na/c1-3-10(8-9(2)19(13,14)15)11-4-6-12(7-5-11)20(16,17)18;1-3-6(13(10,11)12)4-5(2)7(8)9;1-3-6(7(8)9)4-5(2)13(10,11)12;1-3-6(13(7,8)9)4-5(2)14(10,11)12;;;/h4-7,9-10H,3,8H2,1-2H3,(H2,13,14,15)(H,16,17,18);5-6H,3-4H2,1-2H3,(H,8,9)(H2,10,11,12);5-6H,3-4H2,1-2H3,(H,8,9)(H,10,11,12);5-6H,3-4H2,1-2H3,(H2,7,8,9)(H,10,11,12);;;/q;;;;3*+1/p-3. The maximum atomic E-state index is 11.2. The predicted molar refractivity (Wildman–Crippen MR) is 216 cm³/mol. The molecule has 0 spiro atoms. The van der Waals surface area contributed by atoms with Gasteiger partial charge in [0, 0.05) is 10.5 Å². The molecule has 8 atom stereocenters. The molecule has 31 heteroatoms. The van der Waals surface area contributed by atoms with E-state index in [1.54, 1.807) is 13.8 Å². The minimum Gasteiger partial charge on any atom is -0.748 e. The number of carboxylic acids is 2. The Balaban J connectivity index is -0.000000172. The van der Waals surface area contributed by atoms with Gasteiger partial charge in [0.2, 0.25) is 0 Å². The minimum absolute atomic E-state index is 0. The van der Waals surface area contributed by atoms with Crippen LogP contribution in [0.1, 0.15) is 118 Å². The molecule has 1 aromatic carbocycles. The van der Waals surface area contributed by atoms with Gasteiger partial charge in [0.1, 0.15) is 10.1 Å². The van der Waals surface area contributed by atoms with E-state index in [4.69, 9.17) is 39.6 Å². The summed E-state index contributed by atoms with van der Waals surface area (Å²) in [7, 11) is -25.9. The van der Waals surface area contributed by atoms with Gasteiger partial charge < -0.3 is 53.2 Å². The van der Waals surface area contributed by atoms with E-state index in [1.165, 1.54) is 52.0 Å². The van der Waals surface area contributed by atoms with Crippen molar-refractivity contribution in [2.45, 2.75) is 145 Å². The molecule has 8 N–H and O–H groups in total. The van der Waals surface area contributed by atoms with Crippen LogP contribution in [0.2, 0.25) is 0 Å². The summed E-state index contributed by atoms with van der Waals surface area (Å²) in [5.74, 6) is -3.64. The Morgan fingerprint density at radius 3 is 1.17 bits per heavy atom. The molecule has 0 saturated heterocycles. The van der Waals surface area contributed by atoms with Crippen LogP contribution >= 0.6 is 22.8 Å². The van der Waals surface area contributed by atoms with Crippen molar-refractivity contribution in [3.63, 3.8) is 0 Å². The van der Waals surface area contributed by atoms with Crippen LogP contribution in [0.4, 0.5) is 0 Å². The molecular formula is C32H60Na3O22P3S3. The third kappa shape index (κ3) is 34.3. The molecule has 22 nitrogen and oxygen atoms in total. The van der Waals surface area contributed by atoms with Gasteiger partial charge in [0.05, 0.1) is 53.9 Å². The van der Waals surface area contributed by atoms with Gasteiger partial charge in [-0.3, -0.25) is 23.3 Å². The van der Waals surface area contributed by atoms with Gasteiger partial charge in [0.25, 0.3) is 0 Å². The molecular weight excluding hydrogens is 994 g/mol. The Morgan fingerprint density at radius 2 is 0.921 bits per heavy atom. The fourth-order valence-corrected chi connectivity index (χ4v) is 9.26. The molecule has 8 unspecified atom stereocenters. The second-order valence-corrected chi connectivity index (χ2v) is 24.9. The van der Waals surface area contributed by atoms with Crippen LogP contribution in [0.25, 0.3) is 0 Å². The van der Waals surface area contributed by atoms with Crippen molar-refractivity contribution in [1.29, 1.82) is 0 Å². The third-order valence-electron chi connectivity index (χ3n) is 9.32. The Morgan fingerprint density at radius 1 is 0.556 bits per heavy atom. The summed E-state index contributed by atoms with van der Waals surface area (Å²) >= 11 is 0. The summed E-state index contributed by atoms with van der Waals surface area (Å²) in [6.07, 6.45) is 1.33. The van der Waals surface area contributed by atoms with Crippen LogP contribution in [0, 0.1) is 11.8 Å². The number of carbonyl (C=O) groups is 2. The van der Waals surface area contributed by atoms with Gasteiger partial charge in [-0.05, 0) is 88.8 Å². The topological polar surface area (TPSA) is 419 Å². The van der Waals surface area contributed by atoms with E-state index >= 15 is 0 Å². The van der Waals surface area contributed by atoms with Gasteiger partial charge in [-0.2, -0.15) is 0 Å². The van der Waals surface area contributed by atoms with E-state index in [9.17, 15) is 62.2 Å². The molecule has 1 aromatic rings. The van der Waals surface area contributed by atoms with Crippen LogP contribution in [-0.2, 0) is 53.6 Å². The molecule has 1 rings (SSSR count). The molecule has 356 valence electrons. The molecule has 0 bridgehead atoms. The zero-order valence-corrected chi connectivity index (χ0v) is 48.6. The average molecular weight is 1050 g/mol. The Bertz CT molecular complexity index is 1960. The van der Waals surface area contributed by atoms with E-state index in [0.717, 1.165) is 12.5 Å². The second kappa shape index (κ2) is 33.8. The summed E-state index contributed by atoms with van der Waals surface area (Å²) < 4.78 is 128. The van der Waals surface area contributed by atoms with Gasteiger partial charge >= 0.3 is 123 Å². The number of aliphatic carboxylic acids is 2. The number of rotatable bonds is 21. The number of hydrogen-bond acceptors (Lipinski definition) is 14. The summed E-state index contributed by atoms with van der Waals surface area (Å²) in [6, 6.07) is 5.49. The molecule has 0 aliphatic rings. The van der Waals surface area contributed by atoms with Crippen molar-refractivity contribution in [1.82, 2.24) is 0 Å². The number of benzene rings is 1. The Labute approximate surface area is 437 Å². The van der Waals surface area contributed by atoms with Crippen LogP contribution in [0.15, 0.2) is 29.2 Å². The van der Waals surface area contributed by atoms with Gasteiger partial charge in [0.15, 0.2) is 0 Å². The molecule has 0 aromatic heterocycles. The maximum Gasteiger partial charge on any atom is 1.00 e. The zero-order chi connectivity index (χ0) is 48.4. The molecule has 0 saturated carbocycles. The van der Waals surface area contributed by atoms with Crippen molar-refractivity contribution in [2.24, 2.45) is 11.8 Å². The summed E-state index contributed by atoms with van der Waals surface area (Å²) in [5.41, 5.74) is -1.89. The Kier molecular flexibility index (Phi) is 40.7. The van der Waals surface area contributed by atoms with Crippen molar-refractivity contribution in [3.8, 4) is 0 Å². The first-order chi connectivity index (χ1) is 26.7. The Hall–Kier alpha value is 1.34. The SMILES string of the molecule is CCC(CC(C)C(=O)O)P(=O)(O)O.CCC(CC(C)P(=O)(O)O)c1ccc(S(=O)(=O)[O-])cc1.CCC(CC(C)S(=O)(=O)[O-])C(=O)O.CCC(CC(C)S(=O)(=O)[O-])P(=O)(O)O.[Na+].[Na+].[Na+]. The van der Waals surface area contributed by atoms with E-state index in [2.05, 4.69) is 0 Å². The fourth-order valence-electron chi connectivity index (χ4n) is 5.05. The first kappa shape index (κ1) is 75.8. The fraction of sp³-hybridized carbons (Fsp3) is 0.750. The van der Waals surface area contributed by atoms with Crippen molar-refractivity contribution < 1.29 is 190 Å². The van der Waals surface area contributed by atoms with Crippen LogP contribution in [0.3, 0.4) is 0 Å². The van der Waals surface area contributed by atoms with E-state index in [-0.39, 0.29) is 125 Å². The largest absolute Gasteiger partial charge is 1.00 e. The number of hydrogen-bond donors (Lipinski definition) is 8. The first-order valence-corrected chi connectivity index (χ1v) is 27.7. The van der Waals surface area contributed by atoms with Crippen molar-refractivity contribution >= 4 is 65.1 Å². The summed E-state index contributed by atoms with van der Waals surface area (Å²) in [5, 5.41) is 14.7. The number of carboxylic acid groups (broad SMARTS) is 2. The van der Waals surface area contributed by atoms with E-state index in [0.29, 0.717) is 25.7 Å². The van der Waals surface area contributed by atoms with E-state index in [1.807, 2.05) is 6.92 Å². The smallest absolute Gasteiger partial charge is 0.748 e. The van der Waals surface area contributed by atoms with Crippen molar-refractivity contribution in [2.75, 3.05) is 0 Å². The third-order valence-corrected chi connectivity index (χ3v) is 16.9. The normalized spacial score (nSPS) is 15.8. The molecule has 0 aliphatic carbocycles.